The highest BCUT2D eigenvalue weighted by atomic mass is 79.9. The monoisotopic (exact) mass is 344 g/mol. The molecule has 0 N–H and O–H groups in total. The van der Waals surface area contributed by atoms with E-state index in [0.717, 1.165) is 4.47 Å². The molecule has 7 heteroatoms. The van der Waals surface area contributed by atoms with Crippen molar-refractivity contribution in [2.75, 3.05) is 18.6 Å². The van der Waals surface area contributed by atoms with Crippen molar-refractivity contribution in [3.05, 3.63) is 32.8 Å². The zero-order valence-electron chi connectivity index (χ0n) is 10.6. The molecule has 0 unspecified atom stereocenters. The third kappa shape index (κ3) is 3.57. The van der Waals surface area contributed by atoms with Gasteiger partial charge in [-0.3, -0.25) is 0 Å². The Hall–Kier alpha value is -1.34. The molecular formula is C12H13BrN2O3S. The van der Waals surface area contributed by atoms with E-state index < -0.39 is 5.97 Å². The second-order valence-electron chi connectivity index (χ2n) is 3.82. The summed E-state index contributed by atoms with van der Waals surface area (Å²) < 4.78 is 11.2. The van der Waals surface area contributed by atoms with Crippen LogP contribution in [0.1, 0.15) is 22.3 Å². The van der Waals surface area contributed by atoms with Gasteiger partial charge in [-0.15, -0.1) is 11.3 Å². The number of nitrogens with zero attached hydrogens (tertiary/aromatic N) is 2. The molecule has 2 rings (SSSR count). The molecule has 0 saturated carbocycles. The Morgan fingerprint density at radius 1 is 1.63 bits per heavy atom. The number of thiophene rings is 1. The topological polar surface area (TPSA) is 55.6 Å². The van der Waals surface area contributed by atoms with Crippen LogP contribution < -0.4 is 4.90 Å². The number of hydrogen-bond donors (Lipinski definition) is 0. The third-order valence-electron chi connectivity index (χ3n) is 2.32. The van der Waals surface area contributed by atoms with Crippen LogP contribution in [0.3, 0.4) is 0 Å². The zero-order chi connectivity index (χ0) is 13.8. The minimum atomic E-state index is -0.468. The lowest BCUT2D eigenvalue weighted by atomic mass is 10.4. The third-order valence-corrected chi connectivity index (χ3v) is 4.00. The van der Waals surface area contributed by atoms with Gasteiger partial charge >= 0.3 is 5.97 Å². The summed E-state index contributed by atoms with van der Waals surface area (Å²) in [6.45, 7) is 2.73. The number of halogens is 1. The number of anilines is 1. The normalized spacial score (nSPS) is 10.5. The SMILES string of the molecule is CCOC(=O)c1coc(N(C)Cc2cc(Br)cs2)n1. The summed E-state index contributed by atoms with van der Waals surface area (Å²) in [5.74, 6) is -0.468. The van der Waals surface area contributed by atoms with E-state index in [1.165, 1.54) is 11.1 Å². The number of carbonyl (C=O) groups excluding carboxylic acids is 1. The van der Waals surface area contributed by atoms with Gasteiger partial charge in [0, 0.05) is 21.8 Å². The van der Waals surface area contributed by atoms with Gasteiger partial charge in [0.15, 0.2) is 5.69 Å². The van der Waals surface area contributed by atoms with Crippen LogP contribution in [-0.4, -0.2) is 24.6 Å². The van der Waals surface area contributed by atoms with Crippen LogP contribution in [0.5, 0.6) is 0 Å². The lowest BCUT2D eigenvalue weighted by molar-refractivity contribution is 0.0519. The molecule has 0 aliphatic rings. The maximum Gasteiger partial charge on any atom is 0.360 e. The highest BCUT2D eigenvalue weighted by molar-refractivity contribution is 9.10. The van der Waals surface area contributed by atoms with Gasteiger partial charge in [0.2, 0.25) is 0 Å². The summed E-state index contributed by atoms with van der Waals surface area (Å²) in [5, 5.41) is 2.02. The maximum absolute atomic E-state index is 11.5. The van der Waals surface area contributed by atoms with Crippen LogP contribution >= 0.6 is 27.3 Å². The molecule has 2 aromatic heterocycles. The van der Waals surface area contributed by atoms with Crippen molar-refractivity contribution in [1.29, 1.82) is 0 Å². The molecule has 2 aromatic rings. The van der Waals surface area contributed by atoms with Gasteiger partial charge in [-0.2, -0.15) is 4.98 Å². The number of hydrogen-bond acceptors (Lipinski definition) is 6. The fraction of sp³-hybridized carbons (Fsp3) is 0.333. The zero-order valence-corrected chi connectivity index (χ0v) is 13.0. The summed E-state index contributed by atoms with van der Waals surface area (Å²) in [4.78, 5) is 18.6. The van der Waals surface area contributed by atoms with Gasteiger partial charge < -0.3 is 14.1 Å². The van der Waals surface area contributed by atoms with Crippen LogP contribution in [0.25, 0.3) is 0 Å². The van der Waals surface area contributed by atoms with Crippen LogP contribution in [0.15, 0.2) is 26.6 Å². The number of esters is 1. The predicted molar refractivity (Wildman–Crippen MR) is 76.6 cm³/mol. The van der Waals surface area contributed by atoms with Crippen molar-refractivity contribution in [2.24, 2.45) is 0 Å². The molecule has 0 aromatic carbocycles. The Morgan fingerprint density at radius 2 is 2.42 bits per heavy atom. The largest absolute Gasteiger partial charge is 0.461 e. The first-order valence-electron chi connectivity index (χ1n) is 5.67. The van der Waals surface area contributed by atoms with Crippen LogP contribution in [0.4, 0.5) is 6.01 Å². The Kier molecular flexibility index (Phi) is 4.60. The molecule has 19 heavy (non-hydrogen) atoms. The standard InChI is InChI=1S/C12H13BrN2O3S/c1-3-17-11(16)10-6-18-12(14-10)15(2)5-9-4-8(13)7-19-9/h4,6-7H,3,5H2,1-2H3. The Morgan fingerprint density at radius 3 is 3.05 bits per heavy atom. The van der Waals surface area contributed by atoms with Crippen LogP contribution in [0, 0.1) is 0 Å². The number of carbonyl (C=O) groups is 1. The molecule has 0 aliphatic heterocycles. The molecule has 0 radical (unpaired) electrons. The van der Waals surface area contributed by atoms with Crippen molar-refractivity contribution < 1.29 is 13.9 Å². The molecule has 102 valence electrons. The summed E-state index contributed by atoms with van der Waals surface area (Å²) >= 11 is 5.05. The average molecular weight is 345 g/mol. The van der Waals surface area contributed by atoms with E-state index in [4.69, 9.17) is 9.15 Å². The Bertz CT molecular complexity index is 567. The van der Waals surface area contributed by atoms with E-state index in [1.54, 1.807) is 18.3 Å². The predicted octanol–water partition coefficient (Wildman–Crippen LogP) is 3.31. The molecule has 2 heterocycles. The van der Waals surface area contributed by atoms with E-state index in [0.29, 0.717) is 19.2 Å². The quantitative estimate of drug-likeness (QED) is 0.778. The molecule has 0 atom stereocenters. The molecule has 5 nitrogen and oxygen atoms in total. The van der Waals surface area contributed by atoms with Gasteiger partial charge in [-0.1, -0.05) is 0 Å². The van der Waals surface area contributed by atoms with Crippen molar-refractivity contribution >= 4 is 39.3 Å². The maximum atomic E-state index is 11.5. The molecular weight excluding hydrogens is 332 g/mol. The van der Waals surface area contributed by atoms with Gasteiger partial charge in [-0.25, -0.2) is 4.79 Å². The Balaban J connectivity index is 2.03. The smallest absolute Gasteiger partial charge is 0.360 e. The summed E-state index contributed by atoms with van der Waals surface area (Å²) in [5.41, 5.74) is 0.191. The number of aromatic nitrogens is 1. The number of ether oxygens (including phenoxy) is 1. The van der Waals surface area contributed by atoms with E-state index in [-0.39, 0.29) is 5.69 Å². The number of rotatable bonds is 5. The minimum Gasteiger partial charge on any atom is -0.461 e. The average Bonchev–Trinajstić information content (AvgIpc) is 2.98. The van der Waals surface area contributed by atoms with Gasteiger partial charge in [0.05, 0.1) is 13.2 Å². The van der Waals surface area contributed by atoms with Gasteiger partial charge in [0.25, 0.3) is 6.01 Å². The first kappa shape index (κ1) is 14.1. The van der Waals surface area contributed by atoms with E-state index in [1.807, 2.05) is 23.4 Å². The Labute approximate surface area is 123 Å². The van der Waals surface area contributed by atoms with E-state index in [2.05, 4.69) is 20.9 Å². The van der Waals surface area contributed by atoms with Gasteiger partial charge in [0.1, 0.15) is 6.26 Å². The first-order chi connectivity index (χ1) is 9.10. The second kappa shape index (κ2) is 6.21. The molecule has 0 aliphatic carbocycles. The fourth-order valence-electron chi connectivity index (χ4n) is 1.48. The highest BCUT2D eigenvalue weighted by Crippen LogP contribution is 2.23. The van der Waals surface area contributed by atoms with Crippen molar-refractivity contribution in [2.45, 2.75) is 13.5 Å². The molecule has 0 amide bonds. The molecule has 0 saturated heterocycles. The molecule has 0 spiro atoms. The van der Waals surface area contributed by atoms with Crippen LogP contribution in [-0.2, 0) is 11.3 Å². The summed E-state index contributed by atoms with van der Waals surface area (Å²) in [6, 6.07) is 2.43. The second-order valence-corrected chi connectivity index (χ2v) is 5.73. The van der Waals surface area contributed by atoms with Crippen molar-refractivity contribution in [3.63, 3.8) is 0 Å². The number of oxazole rings is 1. The van der Waals surface area contributed by atoms with Gasteiger partial charge in [-0.05, 0) is 28.9 Å². The fourth-order valence-corrected chi connectivity index (χ4v) is 2.98. The van der Waals surface area contributed by atoms with Crippen molar-refractivity contribution in [3.8, 4) is 0 Å². The van der Waals surface area contributed by atoms with E-state index in [9.17, 15) is 4.79 Å². The highest BCUT2D eigenvalue weighted by Gasteiger charge is 2.16. The first-order valence-corrected chi connectivity index (χ1v) is 7.34. The van der Waals surface area contributed by atoms with Crippen LogP contribution in [0.2, 0.25) is 0 Å². The van der Waals surface area contributed by atoms with E-state index >= 15 is 0 Å². The summed E-state index contributed by atoms with van der Waals surface area (Å²) in [7, 11) is 1.86. The van der Waals surface area contributed by atoms with Crippen molar-refractivity contribution in [1.82, 2.24) is 4.98 Å². The molecule has 0 fully saturated rings. The minimum absolute atomic E-state index is 0.191. The lowest BCUT2D eigenvalue weighted by Crippen LogP contribution is -2.16. The summed E-state index contributed by atoms with van der Waals surface area (Å²) in [6.07, 6.45) is 1.31. The molecule has 0 bridgehead atoms. The lowest BCUT2D eigenvalue weighted by Gasteiger charge is -2.12.